The van der Waals surface area contributed by atoms with Gasteiger partial charge in [-0.25, -0.2) is 0 Å². The van der Waals surface area contributed by atoms with Crippen molar-refractivity contribution in [1.29, 1.82) is 0 Å². The number of aliphatic imine (C=N–C) groups is 1. The molecule has 1 saturated heterocycles. The third-order valence-electron chi connectivity index (χ3n) is 6.31. The van der Waals surface area contributed by atoms with Crippen molar-refractivity contribution in [2.45, 2.75) is 50.9 Å². The van der Waals surface area contributed by atoms with Gasteiger partial charge in [-0.3, -0.25) is 10.3 Å². The maximum atomic E-state index is 10.6. The van der Waals surface area contributed by atoms with Gasteiger partial charge < -0.3 is 14.7 Å². The number of ether oxygens (including phenoxy) is 1. The molecule has 0 amide bonds. The molecule has 1 fully saturated rings. The Morgan fingerprint density at radius 2 is 1.97 bits per heavy atom. The van der Waals surface area contributed by atoms with Crippen LogP contribution in [0.15, 0.2) is 51.9 Å². The number of likely N-dealkylation sites (tertiary alicyclic amines) is 1. The lowest BCUT2D eigenvalue weighted by Gasteiger charge is -2.46. The summed E-state index contributed by atoms with van der Waals surface area (Å²) in [5.41, 5.74) is 2.74. The molecule has 0 aromatic heterocycles. The van der Waals surface area contributed by atoms with Gasteiger partial charge in [0.15, 0.2) is 0 Å². The number of phenolic OH excluding ortho intramolecular Hbond substituents is 1. The van der Waals surface area contributed by atoms with Crippen LogP contribution in [0.4, 0.5) is 0 Å². The number of nitrogens with one attached hydrogen (secondary N) is 1. The van der Waals surface area contributed by atoms with Crippen LogP contribution in [0.25, 0.3) is 0 Å². The third-order valence-corrected chi connectivity index (χ3v) is 6.81. The van der Waals surface area contributed by atoms with E-state index in [-0.39, 0.29) is 11.7 Å². The summed E-state index contributed by atoms with van der Waals surface area (Å²) in [6.45, 7) is 6.52. The van der Waals surface area contributed by atoms with E-state index in [1.807, 2.05) is 24.3 Å². The number of phenols is 1. The van der Waals surface area contributed by atoms with E-state index in [9.17, 15) is 5.11 Å². The molecular weight excluding hydrogens is 442 g/mol. The first-order valence-corrected chi connectivity index (χ1v) is 11.4. The van der Waals surface area contributed by atoms with Crippen molar-refractivity contribution in [3.63, 3.8) is 0 Å². The molecule has 4 rings (SSSR count). The first-order chi connectivity index (χ1) is 14.4. The molecule has 0 radical (unpaired) electrons. The molecule has 0 unspecified atom stereocenters. The average molecular weight is 472 g/mol. The third kappa shape index (κ3) is 4.41. The fourth-order valence-corrected chi connectivity index (χ4v) is 4.93. The maximum Gasteiger partial charge on any atom is 0.120 e. The number of piperidine rings is 1. The Morgan fingerprint density at radius 3 is 2.67 bits per heavy atom. The average Bonchev–Trinajstić information content (AvgIpc) is 2.75. The highest BCUT2D eigenvalue weighted by Crippen LogP contribution is 2.38. The molecule has 2 aromatic carbocycles. The van der Waals surface area contributed by atoms with Crippen LogP contribution in [0.3, 0.4) is 0 Å². The van der Waals surface area contributed by atoms with Crippen LogP contribution in [0, 0.1) is 0 Å². The van der Waals surface area contributed by atoms with E-state index >= 15 is 0 Å². The number of halogens is 1. The largest absolute Gasteiger partial charge is 0.508 e. The molecule has 1 spiro atoms. The van der Waals surface area contributed by atoms with Gasteiger partial charge in [-0.1, -0.05) is 28.1 Å². The Hall–Kier alpha value is -1.89. The molecule has 0 saturated carbocycles. The molecule has 2 aliphatic rings. The molecule has 2 aromatic rings. The summed E-state index contributed by atoms with van der Waals surface area (Å²) in [7, 11) is 1.69. The fourth-order valence-electron chi connectivity index (χ4n) is 4.55. The van der Waals surface area contributed by atoms with E-state index in [1.165, 1.54) is 0 Å². The fraction of sp³-hybridized carbons (Fsp3) is 0.458. The lowest BCUT2D eigenvalue weighted by atomic mass is 9.87. The van der Waals surface area contributed by atoms with E-state index in [4.69, 9.17) is 9.73 Å². The van der Waals surface area contributed by atoms with Crippen molar-refractivity contribution >= 4 is 21.6 Å². The predicted octanol–water partition coefficient (Wildman–Crippen LogP) is 4.89. The smallest absolute Gasteiger partial charge is 0.120 e. The number of hydrogen-bond donors (Lipinski definition) is 2. The summed E-state index contributed by atoms with van der Waals surface area (Å²) in [5, 5.41) is 14.4. The van der Waals surface area contributed by atoms with Crippen molar-refractivity contribution in [2.75, 3.05) is 20.2 Å². The molecule has 1 atom stereocenters. The van der Waals surface area contributed by atoms with Gasteiger partial charge in [0.1, 0.15) is 17.2 Å². The molecule has 0 aliphatic carbocycles. The molecule has 2 heterocycles. The molecule has 0 bridgehead atoms. The molecule has 160 valence electrons. The van der Waals surface area contributed by atoms with Crippen LogP contribution in [-0.4, -0.2) is 47.6 Å². The van der Waals surface area contributed by atoms with Crippen molar-refractivity contribution in [3.05, 3.63) is 58.1 Å². The zero-order valence-electron chi connectivity index (χ0n) is 17.9. The quantitative estimate of drug-likeness (QED) is 0.666. The van der Waals surface area contributed by atoms with Crippen molar-refractivity contribution in [2.24, 2.45) is 4.99 Å². The Bertz CT molecular complexity index is 936. The highest BCUT2D eigenvalue weighted by atomic mass is 79.9. The van der Waals surface area contributed by atoms with Gasteiger partial charge in [0.05, 0.1) is 7.11 Å². The summed E-state index contributed by atoms with van der Waals surface area (Å²) in [4.78, 5) is 7.78. The predicted molar refractivity (Wildman–Crippen MR) is 125 cm³/mol. The number of aromatic hydroxyl groups is 1. The highest BCUT2D eigenvalue weighted by Gasteiger charge is 2.41. The zero-order valence-corrected chi connectivity index (χ0v) is 19.4. The van der Waals surface area contributed by atoms with Gasteiger partial charge >= 0.3 is 0 Å². The van der Waals surface area contributed by atoms with E-state index < -0.39 is 0 Å². The van der Waals surface area contributed by atoms with E-state index in [1.54, 1.807) is 13.2 Å². The van der Waals surface area contributed by atoms with Crippen molar-refractivity contribution < 1.29 is 9.84 Å². The summed E-state index contributed by atoms with van der Waals surface area (Å²) < 4.78 is 6.41. The van der Waals surface area contributed by atoms with Gasteiger partial charge in [0, 0.05) is 47.3 Å². The number of rotatable bonds is 4. The highest BCUT2D eigenvalue weighted by molar-refractivity contribution is 9.10. The minimum absolute atomic E-state index is 0.00759. The monoisotopic (exact) mass is 471 g/mol. The number of nitrogens with zero attached hydrogens (tertiary/aromatic N) is 2. The molecule has 2 N–H and O–H groups in total. The van der Waals surface area contributed by atoms with E-state index in [0.29, 0.717) is 18.2 Å². The second kappa shape index (κ2) is 8.69. The standard InChI is InChI=1S/C24H30BrN3O2/c1-16(2)28-11-9-24(10-12-28)26-21(17-5-4-6-19(13-17)30-3)15-22(27-24)20-14-18(25)7-8-23(20)29/h4-8,13-14,16,22,27,29H,9-12,15H2,1-3H3/t22-/m1/s1. The number of hydrogen-bond acceptors (Lipinski definition) is 5. The first-order valence-electron chi connectivity index (χ1n) is 10.6. The van der Waals surface area contributed by atoms with Crippen LogP contribution in [0.1, 0.15) is 50.3 Å². The number of methoxy groups -OCH3 is 1. The normalized spacial score (nSPS) is 21.6. The van der Waals surface area contributed by atoms with Gasteiger partial charge in [-0.2, -0.15) is 0 Å². The van der Waals surface area contributed by atoms with E-state index in [2.05, 4.69) is 52.1 Å². The van der Waals surface area contributed by atoms with E-state index in [0.717, 1.165) is 53.0 Å². The van der Waals surface area contributed by atoms with Gasteiger partial charge in [0.25, 0.3) is 0 Å². The minimum atomic E-state index is -0.318. The van der Waals surface area contributed by atoms with Crippen LogP contribution in [0.2, 0.25) is 0 Å². The second-order valence-electron chi connectivity index (χ2n) is 8.56. The summed E-state index contributed by atoms with van der Waals surface area (Å²) in [5.74, 6) is 1.15. The first kappa shape index (κ1) is 21.3. The van der Waals surface area contributed by atoms with Crippen molar-refractivity contribution in [3.8, 4) is 11.5 Å². The molecule has 30 heavy (non-hydrogen) atoms. The van der Waals surface area contributed by atoms with Crippen LogP contribution in [-0.2, 0) is 0 Å². The lowest BCUT2D eigenvalue weighted by molar-refractivity contribution is 0.103. The van der Waals surface area contributed by atoms with Gasteiger partial charge in [-0.05, 0) is 62.6 Å². The van der Waals surface area contributed by atoms with Crippen LogP contribution >= 0.6 is 15.9 Å². The molecule has 6 heteroatoms. The molecular formula is C24H30BrN3O2. The Kier molecular flexibility index (Phi) is 6.19. The van der Waals surface area contributed by atoms with Gasteiger partial charge in [0.2, 0.25) is 0 Å². The summed E-state index contributed by atoms with van der Waals surface area (Å²) in [6, 6.07) is 14.3. The Balaban J connectivity index is 1.72. The molecule has 5 nitrogen and oxygen atoms in total. The topological polar surface area (TPSA) is 57.1 Å². The van der Waals surface area contributed by atoms with Crippen LogP contribution in [0.5, 0.6) is 11.5 Å². The van der Waals surface area contributed by atoms with Gasteiger partial charge in [-0.15, -0.1) is 0 Å². The summed E-state index contributed by atoms with van der Waals surface area (Å²) in [6.07, 6.45) is 2.61. The zero-order chi connectivity index (χ0) is 21.3. The maximum absolute atomic E-state index is 10.6. The van der Waals surface area contributed by atoms with Crippen LogP contribution < -0.4 is 10.1 Å². The second-order valence-corrected chi connectivity index (χ2v) is 9.47. The summed E-state index contributed by atoms with van der Waals surface area (Å²) >= 11 is 3.56. The number of benzene rings is 2. The molecule has 2 aliphatic heterocycles. The minimum Gasteiger partial charge on any atom is -0.508 e. The van der Waals surface area contributed by atoms with Crippen molar-refractivity contribution in [1.82, 2.24) is 10.2 Å². The SMILES string of the molecule is COc1cccc(C2=NC3(CCN(C(C)C)CC3)N[C@@H](c3cc(Br)ccc3O)C2)c1. The lowest BCUT2D eigenvalue weighted by Crippen LogP contribution is -2.56. The Morgan fingerprint density at radius 1 is 1.20 bits per heavy atom. The Labute approximate surface area is 187 Å².